The number of hydrogen-bond donors (Lipinski definition) is 1. The molecule has 3 rings (SSSR count). The van der Waals surface area contributed by atoms with Gasteiger partial charge >= 0.3 is 0 Å². The third-order valence-corrected chi connectivity index (χ3v) is 5.02. The summed E-state index contributed by atoms with van der Waals surface area (Å²) in [4.78, 5) is 2.50. The number of benzene rings is 1. The Kier molecular flexibility index (Phi) is 4.74. The molecule has 0 amide bonds. The molecule has 0 aromatic heterocycles. The van der Waals surface area contributed by atoms with Gasteiger partial charge in [0.2, 0.25) is 0 Å². The normalized spacial score (nSPS) is 24.0. The van der Waals surface area contributed by atoms with Gasteiger partial charge < -0.3 is 5.32 Å². The van der Waals surface area contributed by atoms with Crippen LogP contribution in [0.1, 0.15) is 31.2 Å². The van der Waals surface area contributed by atoms with E-state index in [4.69, 9.17) is 0 Å². The Balaban J connectivity index is 1.53. The molecular formula is C16H22BrFN2. The summed E-state index contributed by atoms with van der Waals surface area (Å²) in [6, 6.07) is 5.81. The smallest absolute Gasteiger partial charge is 0.124 e. The maximum atomic E-state index is 13.1. The van der Waals surface area contributed by atoms with Crippen LogP contribution in [-0.2, 0) is 6.54 Å². The minimum atomic E-state index is -0.175. The second-order valence-electron chi connectivity index (χ2n) is 6.16. The summed E-state index contributed by atoms with van der Waals surface area (Å²) >= 11 is 3.47. The van der Waals surface area contributed by atoms with E-state index in [1.807, 2.05) is 6.07 Å². The molecule has 0 bridgehead atoms. The number of likely N-dealkylation sites (tertiary alicyclic amines) is 1. The van der Waals surface area contributed by atoms with Gasteiger partial charge in [0.25, 0.3) is 0 Å². The van der Waals surface area contributed by atoms with Crippen LogP contribution < -0.4 is 5.32 Å². The van der Waals surface area contributed by atoms with Crippen LogP contribution >= 0.6 is 15.9 Å². The monoisotopic (exact) mass is 340 g/mol. The van der Waals surface area contributed by atoms with Crippen molar-refractivity contribution >= 4 is 15.9 Å². The van der Waals surface area contributed by atoms with Crippen molar-refractivity contribution in [2.75, 3.05) is 19.6 Å². The fourth-order valence-corrected chi connectivity index (χ4v) is 3.45. The first kappa shape index (κ1) is 14.5. The van der Waals surface area contributed by atoms with Crippen LogP contribution in [0.4, 0.5) is 4.39 Å². The van der Waals surface area contributed by atoms with Gasteiger partial charge in [-0.05, 0) is 62.4 Å². The molecule has 1 N–H and O–H groups in total. The van der Waals surface area contributed by atoms with Crippen LogP contribution in [0.5, 0.6) is 0 Å². The third kappa shape index (κ3) is 4.03. The summed E-state index contributed by atoms with van der Waals surface area (Å²) in [5, 5.41) is 3.64. The topological polar surface area (TPSA) is 15.3 Å². The average molecular weight is 341 g/mol. The van der Waals surface area contributed by atoms with Crippen LogP contribution in [0, 0.1) is 11.7 Å². The Hall–Kier alpha value is -0.450. The molecule has 1 heterocycles. The molecule has 4 heteroatoms. The SMILES string of the molecule is Fc1ccc(CN2CCCC(CNC3CC3)C2)c(Br)c1. The van der Waals surface area contributed by atoms with Gasteiger partial charge in [0, 0.05) is 23.6 Å². The second kappa shape index (κ2) is 6.54. The molecule has 2 fully saturated rings. The van der Waals surface area contributed by atoms with Crippen LogP contribution in [-0.4, -0.2) is 30.6 Å². The molecule has 20 heavy (non-hydrogen) atoms. The Bertz CT molecular complexity index is 462. The molecule has 0 radical (unpaired) electrons. The lowest BCUT2D eigenvalue weighted by molar-refractivity contribution is 0.165. The van der Waals surface area contributed by atoms with Crippen molar-refractivity contribution in [2.24, 2.45) is 5.92 Å². The molecule has 0 spiro atoms. The number of nitrogens with zero attached hydrogens (tertiary/aromatic N) is 1. The van der Waals surface area contributed by atoms with E-state index in [1.54, 1.807) is 12.1 Å². The van der Waals surface area contributed by atoms with Gasteiger partial charge in [-0.15, -0.1) is 0 Å². The first-order valence-corrected chi connectivity index (χ1v) is 8.39. The van der Waals surface area contributed by atoms with E-state index in [0.29, 0.717) is 0 Å². The predicted molar refractivity (Wildman–Crippen MR) is 83.1 cm³/mol. The number of hydrogen-bond acceptors (Lipinski definition) is 2. The highest BCUT2D eigenvalue weighted by Gasteiger charge is 2.24. The zero-order chi connectivity index (χ0) is 13.9. The molecular weight excluding hydrogens is 319 g/mol. The van der Waals surface area contributed by atoms with Crippen LogP contribution in [0.25, 0.3) is 0 Å². The minimum absolute atomic E-state index is 0.175. The van der Waals surface area contributed by atoms with E-state index in [0.717, 1.165) is 42.6 Å². The highest BCUT2D eigenvalue weighted by molar-refractivity contribution is 9.10. The number of halogens is 2. The highest BCUT2D eigenvalue weighted by atomic mass is 79.9. The number of rotatable bonds is 5. The van der Waals surface area contributed by atoms with Crippen molar-refractivity contribution in [3.05, 3.63) is 34.1 Å². The lowest BCUT2D eigenvalue weighted by Crippen LogP contribution is -2.39. The Labute approximate surface area is 128 Å². The molecule has 1 aliphatic heterocycles. The number of nitrogens with one attached hydrogen (secondary N) is 1. The van der Waals surface area contributed by atoms with Gasteiger partial charge in [-0.1, -0.05) is 22.0 Å². The van der Waals surface area contributed by atoms with Gasteiger partial charge in [-0.25, -0.2) is 4.39 Å². The first-order chi connectivity index (χ1) is 9.70. The lowest BCUT2D eigenvalue weighted by atomic mass is 9.97. The molecule has 1 aromatic rings. The molecule has 2 aliphatic rings. The van der Waals surface area contributed by atoms with Crippen LogP contribution in [0.3, 0.4) is 0 Å². The van der Waals surface area contributed by atoms with Gasteiger partial charge in [0.15, 0.2) is 0 Å². The fraction of sp³-hybridized carbons (Fsp3) is 0.625. The standard InChI is InChI=1S/C16H22BrFN2/c17-16-8-14(18)4-3-13(16)11-20-7-1-2-12(10-20)9-19-15-5-6-15/h3-4,8,12,15,19H,1-2,5-7,9-11H2. The molecule has 1 saturated heterocycles. The Morgan fingerprint density at radius 2 is 2.15 bits per heavy atom. The van der Waals surface area contributed by atoms with Gasteiger partial charge in [0.1, 0.15) is 5.82 Å². The zero-order valence-electron chi connectivity index (χ0n) is 11.7. The summed E-state index contributed by atoms with van der Waals surface area (Å²) in [5.74, 6) is 0.592. The van der Waals surface area contributed by atoms with E-state index in [9.17, 15) is 4.39 Å². The van der Waals surface area contributed by atoms with Crippen molar-refractivity contribution in [2.45, 2.75) is 38.3 Å². The van der Waals surface area contributed by atoms with Crippen LogP contribution in [0.2, 0.25) is 0 Å². The lowest BCUT2D eigenvalue weighted by Gasteiger charge is -2.33. The zero-order valence-corrected chi connectivity index (χ0v) is 13.3. The Morgan fingerprint density at radius 1 is 1.30 bits per heavy atom. The highest BCUT2D eigenvalue weighted by Crippen LogP contribution is 2.24. The molecule has 110 valence electrons. The molecule has 1 atom stereocenters. The summed E-state index contributed by atoms with van der Waals surface area (Å²) in [7, 11) is 0. The molecule has 1 unspecified atom stereocenters. The predicted octanol–water partition coefficient (Wildman–Crippen LogP) is 3.55. The van der Waals surface area contributed by atoms with E-state index in [1.165, 1.54) is 31.2 Å². The van der Waals surface area contributed by atoms with E-state index >= 15 is 0 Å². The maximum Gasteiger partial charge on any atom is 0.124 e. The van der Waals surface area contributed by atoms with Gasteiger partial charge in [0.05, 0.1) is 0 Å². The molecule has 1 saturated carbocycles. The molecule has 2 nitrogen and oxygen atoms in total. The second-order valence-corrected chi connectivity index (χ2v) is 7.02. The largest absolute Gasteiger partial charge is 0.314 e. The fourth-order valence-electron chi connectivity index (χ4n) is 2.97. The van der Waals surface area contributed by atoms with E-state index < -0.39 is 0 Å². The third-order valence-electron chi connectivity index (χ3n) is 4.28. The van der Waals surface area contributed by atoms with E-state index in [2.05, 4.69) is 26.1 Å². The van der Waals surface area contributed by atoms with Crippen molar-refractivity contribution in [1.29, 1.82) is 0 Å². The van der Waals surface area contributed by atoms with Crippen LogP contribution in [0.15, 0.2) is 22.7 Å². The van der Waals surface area contributed by atoms with Gasteiger partial charge in [-0.2, -0.15) is 0 Å². The summed E-state index contributed by atoms with van der Waals surface area (Å²) in [6.45, 7) is 4.39. The van der Waals surface area contributed by atoms with Crippen molar-refractivity contribution in [1.82, 2.24) is 10.2 Å². The summed E-state index contributed by atoms with van der Waals surface area (Å²) in [6.07, 6.45) is 5.33. The first-order valence-electron chi connectivity index (χ1n) is 7.60. The Morgan fingerprint density at radius 3 is 2.90 bits per heavy atom. The maximum absolute atomic E-state index is 13.1. The summed E-state index contributed by atoms with van der Waals surface area (Å²) < 4.78 is 14.0. The number of piperidine rings is 1. The quantitative estimate of drug-likeness (QED) is 0.881. The van der Waals surface area contributed by atoms with Gasteiger partial charge in [-0.3, -0.25) is 4.90 Å². The average Bonchev–Trinajstić information content (AvgIpc) is 3.24. The molecule has 1 aliphatic carbocycles. The van der Waals surface area contributed by atoms with E-state index in [-0.39, 0.29) is 5.82 Å². The van der Waals surface area contributed by atoms with Crippen molar-refractivity contribution < 1.29 is 4.39 Å². The summed E-state index contributed by atoms with van der Waals surface area (Å²) in [5.41, 5.74) is 1.18. The minimum Gasteiger partial charge on any atom is -0.314 e. The van der Waals surface area contributed by atoms with Crippen molar-refractivity contribution in [3.63, 3.8) is 0 Å². The molecule has 1 aromatic carbocycles. The van der Waals surface area contributed by atoms with Crippen molar-refractivity contribution in [3.8, 4) is 0 Å².